The molecule has 18 heavy (non-hydrogen) atoms. The Balaban J connectivity index is 2.34. The van der Waals surface area contributed by atoms with Gasteiger partial charge in [-0.3, -0.25) is 0 Å². The minimum Gasteiger partial charge on any atom is -0.478 e. The van der Waals surface area contributed by atoms with Crippen LogP contribution in [0.1, 0.15) is 21.5 Å². The standard InChI is InChI=1S/C15H15NO2/c1-10-3-6-12(7-4-10)16-14-8-5-11(2)9-13(14)15(17)18/h3-9,16H,1-2H3,(H,17,18). The third kappa shape index (κ3) is 2.69. The van der Waals surface area contributed by atoms with Crippen LogP contribution >= 0.6 is 0 Å². The summed E-state index contributed by atoms with van der Waals surface area (Å²) in [7, 11) is 0. The summed E-state index contributed by atoms with van der Waals surface area (Å²) in [5, 5.41) is 12.3. The van der Waals surface area contributed by atoms with Gasteiger partial charge in [0.05, 0.1) is 11.3 Å². The molecule has 0 fully saturated rings. The fraction of sp³-hybridized carbons (Fsp3) is 0.133. The molecule has 0 amide bonds. The summed E-state index contributed by atoms with van der Waals surface area (Å²) in [6.45, 7) is 3.89. The van der Waals surface area contributed by atoms with E-state index in [0.717, 1.165) is 11.3 Å². The van der Waals surface area contributed by atoms with Crippen LogP contribution in [0.4, 0.5) is 11.4 Å². The molecule has 0 bridgehead atoms. The molecule has 0 aliphatic rings. The molecule has 0 radical (unpaired) electrons. The summed E-state index contributed by atoms with van der Waals surface area (Å²) in [6, 6.07) is 13.2. The molecule has 0 aliphatic carbocycles. The first-order valence-electron chi connectivity index (χ1n) is 5.74. The molecule has 0 saturated heterocycles. The highest BCUT2D eigenvalue weighted by atomic mass is 16.4. The largest absolute Gasteiger partial charge is 0.478 e. The number of anilines is 2. The number of carboxylic acids is 1. The third-order valence-electron chi connectivity index (χ3n) is 2.74. The summed E-state index contributed by atoms with van der Waals surface area (Å²) in [5.74, 6) is -0.923. The number of hydrogen-bond donors (Lipinski definition) is 2. The molecule has 2 rings (SSSR count). The molecule has 0 unspecified atom stereocenters. The smallest absolute Gasteiger partial charge is 0.337 e. The van der Waals surface area contributed by atoms with Crippen molar-refractivity contribution in [2.75, 3.05) is 5.32 Å². The Bertz CT molecular complexity index is 574. The molecule has 3 nitrogen and oxygen atoms in total. The number of carbonyl (C=O) groups is 1. The maximum atomic E-state index is 11.2. The van der Waals surface area contributed by atoms with E-state index in [9.17, 15) is 9.90 Å². The molecule has 92 valence electrons. The van der Waals surface area contributed by atoms with Crippen LogP contribution in [0, 0.1) is 13.8 Å². The van der Waals surface area contributed by atoms with E-state index in [4.69, 9.17) is 0 Å². The van der Waals surface area contributed by atoms with Crippen molar-refractivity contribution in [1.82, 2.24) is 0 Å². The lowest BCUT2D eigenvalue weighted by molar-refractivity contribution is 0.0698. The molecule has 0 aromatic heterocycles. The summed E-state index contributed by atoms with van der Waals surface area (Å²) in [6.07, 6.45) is 0. The lowest BCUT2D eigenvalue weighted by Gasteiger charge is -2.10. The van der Waals surface area contributed by atoms with E-state index in [1.807, 2.05) is 44.2 Å². The molecule has 0 atom stereocenters. The van der Waals surface area contributed by atoms with Gasteiger partial charge in [-0.2, -0.15) is 0 Å². The second-order valence-corrected chi connectivity index (χ2v) is 4.35. The molecule has 0 aliphatic heterocycles. The number of rotatable bonds is 3. The van der Waals surface area contributed by atoms with E-state index in [-0.39, 0.29) is 5.56 Å². The van der Waals surface area contributed by atoms with E-state index >= 15 is 0 Å². The predicted octanol–water partition coefficient (Wildman–Crippen LogP) is 3.75. The molecular weight excluding hydrogens is 226 g/mol. The van der Waals surface area contributed by atoms with Gasteiger partial charge in [0.15, 0.2) is 0 Å². The van der Waals surface area contributed by atoms with Gasteiger partial charge in [0.2, 0.25) is 0 Å². The number of aromatic carboxylic acids is 1. The van der Waals surface area contributed by atoms with Gasteiger partial charge in [-0.05, 0) is 38.1 Å². The first-order valence-corrected chi connectivity index (χ1v) is 5.74. The van der Waals surface area contributed by atoms with Crippen LogP contribution in [-0.4, -0.2) is 11.1 Å². The SMILES string of the molecule is Cc1ccc(Nc2ccc(C)cc2C(=O)O)cc1. The highest BCUT2D eigenvalue weighted by Gasteiger charge is 2.10. The minimum atomic E-state index is -0.923. The van der Waals surface area contributed by atoms with Gasteiger partial charge >= 0.3 is 5.97 Å². The lowest BCUT2D eigenvalue weighted by atomic mass is 10.1. The van der Waals surface area contributed by atoms with Crippen LogP contribution in [0.25, 0.3) is 0 Å². The zero-order valence-electron chi connectivity index (χ0n) is 10.4. The highest BCUT2D eigenvalue weighted by molar-refractivity contribution is 5.95. The number of nitrogens with one attached hydrogen (secondary N) is 1. The minimum absolute atomic E-state index is 0.288. The van der Waals surface area contributed by atoms with E-state index in [0.29, 0.717) is 5.69 Å². The number of aryl methyl sites for hydroxylation is 2. The number of carboxylic acid groups (broad SMARTS) is 1. The molecule has 0 saturated carbocycles. The first kappa shape index (κ1) is 12.2. The van der Waals surface area contributed by atoms with Gasteiger partial charge in [-0.15, -0.1) is 0 Å². The van der Waals surface area contributed by atoms with E-state index in [1.54, 1.807) is 12.1 Å². The molecule has 0 heterocycles. The summed E-state index contributed by atoms with van der Waals surface area (Å²) >= 11 is 0. The molecular formula is C15H15NO2. The van der Waals surface area contributed by atoms with Crippen LogP contribution in [-0.2, 0) is 0 Å². The second kappa shape index (κ2) is 4.92. The maximum Gasteiger partial charge on any atom is 0.337 e. The predicted molar refractivity (Wildman–Crippen MR) is 72.6 cm³/mol. The Kier molecular flexibility index (Phi) is 3.33. The van der Waals surface area contributed by atoms with E-state index in [1.165, 1.54) is 5.56 Å². The maximum absolute atomic E-state index is 11.2. The normalized spacial score (nSPS) is 10.1. The molecule has 0 spiro atoms. The van der Waals surface area contributed by atoms with Crippen molar-refractivity contribution in [2.24, 2.45) is 0 Å². The van der Waals surface area contributed by atoms with Crippen molar-refractivity contribution < 1.29 is 9.90 Å². The monoisotopic (exact) mass is 241 g/mol. The Morgan fingerprint density at radius 3 is 2.22 bits per heavy atom. The molecule has 3 heteroatoms. The van der Waals surface area contributed by atoms with Crippen LogP contribution < -0.4 is 5.32 Å². The van der Waals surface area contributed by atoms with Gasteiger partial charge in [0, 0.05) is 5.69 Å². The van der Waals surface area contributed by atoms with Crippen molar-refractivity contribution in [3.63, 3.8) is 0 Å². The fourth-order valence-electron chi connectivity index (χ4n) is 1.74. The highest BCUT2D eigenvalue weighted by Crippen LogP contribution is 2.22. The van der Waals surface area contributed by atoms with Crippen molar-refractivity contribution in [1.29, 1.82) is 0 Å². The van der Waals surface area contributed by atoms with Crippen LogP contribution in [0.3, 0.4) is 0 Å². The zero-order chi connectivity index (χ0) is 13.1. The van der Waals surface area contributed by atoms with Crippen LogP contribution in [0.5, 0.6) is 0 Å². The van der Waals surface area contributed by atoms with Gasteiger partial charge in [-0.1, -0.05) is 29.3 Å². The van der Waals surface area contributed by atoms with Gasteiger partial charge in [0.1, 0.15) is 0 Å². The van der Waals surface area contributed by atoms with Crippen molar-refractivity contribution in [3.05, 3.63) is 59.2 Å². The first-order chi connectivity index (χ1) is 8.56. The summed E-state index contributed by atoms with van der Waals surface area (Å²) < 4.78 is 0. The van der Waals surface area contributed by atoms with E-state index in [2.05, 4.69) is 5.32 Å². The summed E-state index contributed by atoms with van der Waals surface area (Å²) in [4.78, 5) is 11.2. The second-order valence-electron chi connectivity index (χ2n) is 4.35. The van der Waals surface area contributed by atoms with Crippen LogP contribution in [0.2, 0.25) is 0 Å². The summed E-state index contributed by atoms with van der Waals surface area (Å²) in [5.41, 5.74) is 3.88. The van der Waals surface area contributed by atoms with Crippen LogP contribution in [0.15, 0.2) is 42.5 Å². The number of benzene rings is 2. The van der Waals surface area contributed by atoms with E-state index < -0.39 is 5.97 Å². The lowest BCUT2D eigenvalue weighted by Crippen LogP contribution is -2.03. The average Bonchev–Trinajstić information content (AvgIpc) is 2.34. The quantitative estimate of drug-likeness (QED) is 0.860. The Morgan fingerprint density at radius 1 is 1.00 bits per heavy atom. The Labute approximate surface area is 106 Å². The van der Waals surface area contributed by atoms with Gasteiger partial charge in [0.25, 0.3) is 0 Å². The Hall–Kier alpha value is -2.29. The molecule has 2 aromatic rings. The molecule has 2 aromatic carbocycles. The van der Waals surface area contributed by atoms with Gasteiger partial charge < -0.3 is 10.4 Å². The van der Waals surface area contributed by atoms with Crippen molar-refractivity contribution in [3.8, 4) is 0 Å². The van der Waals surface area contributed by atoms with Crippen molar-refractivity contribution >= 4 is 17.3 Å². The zero-order valence-corrected chi connectivity index (χ0v) is 10.4. The topological polar surface area (TPSA) is 49.3 Å². The van der Waals surface area contributed by atoms with Gasteiger partial charge in [-0.25, -0.2) is 4.79 Å². The third-order valence-corrected chi connectivity index (χ3v) is 2.74. The van der Waals surface area contributed by atoms with Crippen molar-refractivity contribution in [2.45, 2.75) is 13.8 Å². The number of hydrogen-bond acceptors (Lipinski definition) is 2. The Morgan fingerprint density at radius 2 is 1.61 bits per heavy atom. The molecule has 2 N–H and O–H groups in total. The average molecular weight is 241 g/mol. The fourth-order valence-corrected chi connectivity index (χ4v) is 1.74.